The van der Waals surface area contributed by atoms with Gasteiger partial charge in [0, 0.05) is 17.4 Å². The highest BCUT2D eigenvalue weighted by Crippen LogP contribution is 2.25. The van der Waals surface area contributed by atoms with Crippen LogP contribution in [0.15, 0.2) is 54.6 Å². The van der Waals surface area contributed by atoms with Crippen LogP contribution in [0.5, 0.6) is 11.6 Å². The molecular formula is C24H23ClN6O2. The van der Waals surface area contributed by atoms with Gasteiger partial charge in [-0.25, -0.2) is 14.5 Å². The number of ether oxygens (including phenoxy) is 1. The zero-order valence-corrected chi connectivity index (χ0v) is 19.4. The van der Waals surface area contributed by atoms with E-state index >= 15 is 0 Å². The van der Waals surface area contributed by atoms with Crippen LogP contribution in [0.3, 0.4) is 0 Å². The molecule has 0 unspecified atom stereocenters. The zero-order valence-electron chi connectivity index (χ0n) is 18.7. The lowest BCUT2D eigenvalue weighted by atomic mass is 10.2. The maximum absolute atomic E-state index is 12.3. The number of halogens is 1. The van der Waals surface area contributed by atoms with Crippen molar-refractivity contribution in [1.82, 2.24) is 19.7 Å². The van der Waals surface area contributed by atoms with E-state index in [9.17, 15) is 4.79 Å². The lowest BCUT2D eigenvalue weighted by Crippen LogP contribution is -2.19. The molecule has 0 saturated carbocycles. The van der Waals surface area contributed by atoms with Crippen LogP contribution in [0, 0.1) is 27.7 Å². The predicted molar refractivity (Wildman–Crippen MR) is 129 cm³/mol. The summed E-state index contributed by atoms with van der Waals surface area (Å²) in [6, 6.07) is 15.7. The Morgan fingerprint density at radius 3 is 2.36 bits per heavy atom. The summed E-state index contributed by atoms with van der Waals surface area (Å²) >= 11 is 6.17. The molecule has 4 rings (SSSR count). The first-order chi connectivity index (χ1) is 15.8. The van der Waals surface area contributed by atoms with Gasteiger partial charge in [0.05, 0.1) is 16.4 Å². The molecule has 0 spiro atoms. The van der Waals surface area contributed by atoms with E-state index < -0.39 is 6.03 Å². The summed E-state index contributed by atoms with van der Waals surface area (Å²) in [4.78, 5) is 21.1. The quantitative estimate of drug-likeness (QED) is 0.380. The number of rotatable bonds is 5. The molecule has 0 radical (unpaired) electrons. The van der Waals surface area contributed by atoms with Crippen LogP contribution in [0.4, 0.5) is 16.2 Å². The molecule has 0 saturated heterocycles. The molecule has 0 bridgehead atoms. The second-order valence-corrected chi connectivity index (χ2v) is 8.05. The van der Waals surface area contributed by atoms with E-state index in [2.05, 4.69) is 25.7 Å². The first kappa shape index (κ1) is 22.3. The van der Waals surface area contributed by atoms with Crippen LogP contribution in [-0.2, 0) is 0 Å². The maximum atomic E-state index is 12.3. The molecule has 0 atom stereocenters. The van der Waals surface area contributed by atoms with Crippen LogP contribution in [0.25, 0.3) is 5.82 Å². The van der Waals surface area contributed by atoms with E-state index in [1.807, 2.05) is 32.9 Å². The van der Waals surface area contributed by atoms with E-state index in [1.165, 1.54) is 0 Å². The molecule has 2 amide bonds. The molecular weight excluding hydrogens is 440 g/mol. The Morgan fingerprint density at radius 2 is 1.70 bits per heavy atom. The van der Waals surface area contributed by atoms with E-state index in [0.29, 0.717) is 39.7 Å². The van der Waals surface area contributed by atoms with Gasteiger partial charge in [-0.05, 0) is 75.7 Å². The molecule has 2 heterocycles. The van der Waals surface area contributed by atoms with Gasteiger partial charge in [-0.3, -0.25) is 0 Å². The monoisotopic (exact) mass is 462 g/mol. The topological polar surface area (TPSA) is 94.0 Å². The normalized spacial score (nSPS) is 10.7. The molecule has 9 heteroatoms. The molecule has 0 aliphatic carbocycles. The van der Waals surface area contributed by atoms with Gasteiger partial charge in [-0.15, -0.1) is 0 Å². The number of nitrogens with one attached hydrogen (secondary N) is 2. The summed E-state index contributed by atoms with van der Waals surface area (Å²) in [6.07, 6.45) is 0. The average molecular weight is 463 g/mol. The molecule has 33 heavy (non-hydrogen) atoms. The standard InChI is InChI=1S/C24H23ClN6O2/c1-14-5-10-21(20(25)11-14)29-24(32)28-18-6-8-19(9-7-18)33-23-13-22(26-17(4)27-23)31-16(3)12-15(2)30-31/h5-13H,1-4H3,(H2,28,29,32). The van der Waals surface area contributed by atoms with Gasteiger partial charge in [-0.1, -0.05) is 17.7 Å². The summed E-state index contributed by atoms with van der Waals surface area (Å²) in [5.41, 5.74) is 4.03. The third-order valence-corrected chi connectivity index (χ3v) is 5.05. The van der Waals surface area contributed by atoms with Crippen LogP contribution in [0.2, 0.25) is 5.02 Å². The fraction of sp³-hybridized carbons (Fsp3) is 0.167. The van der Waals surface area contributed by atoms with Gasteiger partial charge >= 0.3 is 6.03 Å². The number of aromatic nitrogens is 4. The second kappa shape index (κ2) is 9.30. The molecule has 8 nitrogen and oxygen atoms in total. The molecule has 168 valence electrons. The number of hydrogen-bond donors (Lipinski definition) is 2. The lowest BCUT2D eigenvalue weighted by Gasteiger charge is -2.11. The Labute approximate surface area is 196 Å². The Kier molecular flexibility index (Phi) is 6.28. The third kappa shape index (κ3) is 5.48. The molecule has 0 aliphatic rings. The summed E-state index contributed by atoms with van der Waals surface area (Å²) in [5, 5.41) is 10.5. The van der Waals surface area contributed by atoms with Crippen molar-refractivity contribution in [1.29, 1.82) is 0 Å². The number of hydrogen-bond acceptors (Lipinski definition) is 5. The molecule has 0 aliphatic heterocycles. The van der Waals surface area contributed by atoms with Crippen molar-refractivity contribution in [3.05, 3.63) is 82.4 Å². The number of carbonyl (C=O) groups is 1. The smallest absolute Gasteiger partial charge is 0.323 e. The van der Waals surface area contributed by atoms with Gasteiger partial charge in [-0.2, -0.15) is 10.1 Å². The van der Waals surface area contributed by atoms with Crippen molar-refractivity contribution in [3.63, 3.8) is 0 Å². The van der Waals surface area contributed by atoms with Crippen LogP contribution < -0.4 is 15.4 Å². The van der Waals surface area contributed by atoms with Gasteiger partial charge in [0.1, 0.15) is 11.6 Å². The van der Waals surface area contributed by atoms with E-state index in [1.54, 1.807) is 54.1 Å². The largest absolute Gasteiger partial charge is 0.439 e. The SMILES string of the molecule is Cc1ccc(NC(=O)Nc2ccc(Oc3cc(-n4nc(C)cc4C)nc(C)n3)cc2)c(Cl)c1. The minimum Gasteiger partial charge on any atom is -0.439 e. The Bertz CT molecular complexity index is 1320. The summed E-state index contributed by atoms with van der Waals surface area (Å²) < 4.78 is 7.67. The Hall–Kier alpha value is -3.91. The van der Waals surface area contributed by atoms with Crippen molar-refractivity contribution in [2.45, 2.75) is 27.7 Å². The highest BCUT2D eigenvalue weighted by molar-refractivity contribution is 6.33. The van der Waals surface area contributed by atoms with E-state index in [0.717, 1.165) is 17.0 Å². The summed E-state index contributed by atoms with van der Waals surface area (Å²) in [7, 11) is 0. The number of benzene rings is 2. The zero-order chi connectivity index (χ0) is 23.5. The first-order valence-electron chi connectivity index (χ1n) is 10.3. The highest BCUT2D eigenvalue weighted by atomic mass is 35.5. The van der Waals surface area contributed by atoms with Crippen molar-refractivity contribution >= 4 is 29.0 Å². The number of urea groups is 1. The van der Waals surface area contributed by atoms with E-state index in [4.69, 9.17) is 16.3 Å². The summed E-state index contributed by atoms with van der Waals surface area (Å²) in [5.74, 6) is 2.17. The lowest BCUT2D eigenvalue weighted by molar-refractivity contribution is 0.262. The first-order valence-corrected chi connectivity index (χ1v) is 10.7. The number of amides is 2. The van der Waals surface area contributed by atoms with Crippen molar-refractivity contribution < 1.29 is 9.53 Å². The van der Waals surface area contributed by atoms with Gasteiger partial charge in [0.25, 0.3) is 0 Å². The van der Waals surface area contributed by atoms with Crippen molar-refractivity contribution in [2.24, 2.45) is 0 Å². The fourth-order valence-corrected chi connectivity index (χ4v) is 3.56. The number of nitrogens with zero attached hydrogens (tertiary/aromatic N) is 4. The van der Waals surface area contributed by atoms with Gasteiger partial charge in [0.2, 0.25) is 5.88 Å². The third-order valence-electron chi connectivity index (χ3n) is 4.73. The summed E-state index contributed by atoms with van der Waals surface area (Å²) in [6.45, 7) is 7.63. The molecule has 4 aromatic rings. The molecule has 2 aromatic heterocycles. The number of aryl methyl sites for hydroxylation is 4. The van der Waals surface area contributed by atoms with Crippen molar-refractivity contribution in [3.8, 4) is 17.4 Å². The molecule has 0 fully saturated rings. The van der Waals surface area contributed by atoms with Gasteiger partial charge < -0.3 is 15.4 Å². The average Bonchev–Trinajstić information content (AvgIpc) is 3.09. The second-order valence-electron chi connectivity index (χ2n) is 7.64. The van der Waals surface area contributed by atoms with E-state index in [-0.39, 0.29) is 0 Å². The van der Waals surface area contributed by atoms with Crippen LogP contribution >= 0.6 is 11.6 Å². The minimum atomic E-state index is -0.393. The van der Waals surface area contributed by atoms with Gasteiger partial charge in [0.15, 0.2) is 5.82 Å². The Morgan fingerprint density at radius 1 is 0.939 bits per heavy atom. The van der Waals surface area contributed by atoms with Crippen LogP contribution in [0.1, 0.15) is 22.8 Å². The number of carbonyl (C=O) groups excluding carboxylic acids is 1. The highest BCUT2D eigenvalue weighted by Gasteiger charge is 2.11. The van der Waals surface area contributed by atoms with Crippen molar-refractivity contribution in [2.75, 3.05) is 10.6 Å². The fourth-order valence-electron chi connectivity index (χ4n) is 3.28. The Balaban J connectivity index is 1.43. The molecule has 2 N–H and O–H groups in total. The number of anilines is 2. The minimum absolute atomic E-state index is 0.393. The predicted octanol–water partition coefficient (Wildman–Crippen LogP) is 5.99. The van der Waals surface area contributed by atoms with Crippen LogP contribution in [-0.4, -0.2) is 25.8 Å². The maximum Gasteiger partial charge on any atom is 0.323 e. The molecule has 2 aromatic carbocycles.